The maximum absolute atomic E-state index is 6.36. The Hall–Kier alpha value is -4.70. The molecule has 0 radical (unpaired) electrons. The molecule has 0 unspecified atom stereocenters. The van der Waals surface area contributed by atoms with Crippen LogP contribution in [0.25, 0.3) is 77.7 Å². The molecule has 2 nitrogen and oxygen atoms in total. The minimum atomic E-state index is 0.658. The Morgan fingerprint density at radius 2 is 0.542 bits per heavy atom. The molecular formula is C42H24Cl4N2. The summed E-state index contributed by atoms with van der Waals surface area (Å²) in [5.74, 6) is 0. The molecule has 0 bridgehead atoms. The van der Waals surface area contributed by atoms with Crippen molar-refractivity contribution >= 4 is 67.9 Å². The fourth-order valence-electron chi connectivity index (χ4n) is 6.34. The summed E-state index contributed by atoms with van der Waals surface area (Å²) in [5, 5.41) is 6.74. The molecule has 0 spiro atoms. The van der Waals surface area contributed by atoms with E-state index in [4.69, 9.17) is 56.4 Å². The fourth-order valence-corrected chi connectivity index (χ4v) is 6.84. The lowest BCUT2D eigenvalue weighted by atomic mass is 9.89. The van der Waals surface area contributed by atoms with Crippen LogP contribution in [0.3, 0.4) is 0 Å². The second-order valence-electron chi connectivity index (χ2n) is 11.5. The number of hydrogen-bond acceptors (Lipinski definition) is 2. The zero-order chi connectivity index (χ0) is 32.8. The molecule has 2 heterocycles. The average molecular weight is 698 g/mol. The molecule has 0 N–H and O–H groups in total. The Bertz CT molecular complexity index is 2280. The van der Waals surface area contributed by atoms with Crippen LogP contribution in [0.2, 0.25) is 20.1 Å². The van der Waals surface area contributed by atoms with Gasteiger partial charge >= 0.3 is 0 Å². The van der Waals surface area contributed by atoms with Crippen molar-refractivity contribution in [2.45, 2.75) is 0 Å². The summed E-state index contributed by atoms with van der Waals surface area (Å²) in [4.78, 5) is 11.0. The molecule has 48 heavy (non-hydrogen) atoms. The second kappa shape index (κ2) is 12.7. The number of fused-ring (bicyclic) bond motifs is 2. The van der Waals surface area contributed by atoms with Crippen LogP contribution in [0.15, 0.2) is 146 Å². The number of benzene rings is 6. The minimum absolute atomic E-state index is 0.658. The van der Waals surface area contributed by atoms with E-state index in [1.807, 2.05) is 109 Å². The van der Waals surface area contributed by atoms with Gasteiger partial charge in [-0.3, -0.25) is 0 Å². The summed E-state index contributed by atoms with van der Waals surface area (Å²) in [6.07, 6.45) is 0. The molecule has 0 aliphatic rings. The van der Waals surface area contributed by atoms with Gasteiger partial charge in [0.1, 0.15) is 0 Å². The van der Waals surface area contributed by atoms with Crippen LogP contribution in [-0.4, -0.2) is 9.97 Å². The summed E-state index contributed by atoms with van der Waals surface area (Å²) in [5.41, 5.74) is 9.13. The van der Waals surface area contributed by atoms with Crippen molar-refractivity contribution in [2.24, 2.45) is 0 Å². The molecular weight excluding hydrogens is 674 g/mol. The highest BCUT2D eigenvalue weighted by atomic mass is 35.5. The summed E-state index contributed by atoms with van der Waals surface area (Å²) in [7, 11) is 0. The van der Waals surface area contributed by atoms with Crippen molar-refractivity contribution in [1.82, 2.24) is 9.97 Å². The van der Waals surface area contributed by atoms with Gasteiger partial charge in [0.05, 0.1) is 22.8 Å². The largest absolute Gasteiger partial charge is 0.245 e. The lowest BCUT2D eigenvalue weighted by Gasteiger charge is -2.20. The highest BCUT2D eigenvalue weighted by molar-refractivity contribution is 6.31. The third-order valence-corrected chi connectivity index (χ3v) is 9.56. The molecule has 0 saturated carbocycles. The van der Waals surface area contributed by atoms with Gasteiger partial charge in [0.15, 0.2) is 0 Å². The van der Waals surface area contributed by atoms with Crippen molar-refractivity contribution in [3.8, 4) is 56.2 Å². The predicted octanol–water partition coefficient (Wildman–Crippen LogP) is 13.7. The van der Waals surface area contributed by atoms with Gasteiger partial charge in [-0.1, -0.05) is 143 Å². The second-order valence-corrected chi connectivity index (χ2v) is 13.2. The van der Waals surface area contributed by atoms with Crippen LogP contribution >= 0.6 is 46.4 Å². The van der Waals surface area contributed by atoms with Crippen molar-refractivity contribution in [3.05, 3.63) is 166 Å². The number of halogens is 4. The Labute approximate surface area is 298 Å². The van der Waals surface area contributed by atoms with Crippen molar-refractivity contribution in [2.75, 3.05) is 0 Å². The van der Waals surface area contributed by atoms with Crippen LogP contribution in [0.1, 0.15) is 0 Å². The Kier molecular flexibility index (Phi) is 8.12. The zero-order valence-corrected chi connectivity index (χ0v) is 28.3. The predicted molar refractivity (Wildman–Crippen MR) is 204 cm³/mol. The Morgan fingerprint density at radius 1 is 0.271 bits per heavy atom. The van der Waals surface area contributed by atoms with Gasteiger partial charge in [0.25, 0.3) is 0 Å². The number of nitrogens with zero attached hydrogens (tertiary/aromatic N) is 2. The molecule has 0 aliphatic heterocycles. The van der Waals surface area contributed by atoms with Gasteiger partial charge in [-0.15, -0.1) is 0 Å². The van der Waals surface area contributed by atoms with E-state index in [1.165, 1.54) is 0 Å². The van der Waals surface area contributed by atoms with Crippen molar-refractivity contribution in [3.63, 3.8) is 0 Å². The molecule has 6 aromatic carbocycles. The number of pyridine rings is 2. The van der Waals surface area contributed by atoms with Crippen molar-refractivity contribution in [1.29, 1.82) is 0 Å². The van der Waals surface area contributed by atoms with Gasteiger partial charge in [-0.2, -0.15) is 0 Å². The SMILES string of the molecule is Clc1ccc(-c2nc(-c3nc(-c4ccc(Cl)cc4)c(-c4ccc(Cl)cc4)c4ccccc34)c3ccccc3c2-c2ccc(Cl)cc2)cc1. The van der Waals surface area contributed by atoms with Gasteiger partial charge in [-0.05, 0) is 70.4 Å². The van der Waals surface area contributed by atoms with E-state index < -0.39 is 0 Å². The van der Waals surface area contributed by atoms with Gasteiger partial charge in [0.2, 0.25) is 0 Å². The van der Waals surface area contributed by atoms with E-state index in [1.54, 1.807) is 0 Å². The lowest BCUT2D eigenvalue weighted by molar-refractivity contribution is 1.28. The molecule has 8 rings (SSSR count). The zero-order valence-electron chi connectivity index (χ0n) is 25.3. The lowest BCUT2D eigenvalue weighted by Crippen LogP contribution is -2.00. The van der Waals surface area contributed by atoms with Crippen LogP contribution in [0.5, 0.6) is 0 Å². The summed E-state index contributed by atoms with van der Waals surface area (Å²) in [6.45, 7) is 0. The minimum Gasteiger partial charge on any atom is -0.245 e. The first-order valence-electron chi connectivity index (χ1n) is 15.3. The first kappa shape index (κ1) is 30.6. The van der Waals surface area contributed by atoms with E-state index in [2.05, 4.69) is 36.4 Å². The third-order valence-electron chi connectivity index (χ3n) is 8.55. The number of rotatable bonds is 5. The smallest absolute Gasteiger partial charge is 0.0979 e. The quantitative estimate of drug-likeness (QED) is 0.179. The molecule has 230 valence electrons. The maximum Gasteiger partial charge on any atom is 0.0979 e. The van der Waals surface area contributed by atoms with Gasteiger partial charge < -0.3 is 0 Å². The van der Waals surface area contributed by atoms with Gasteiger partial charge in [-0.25, -0.2) is 9.97 Å². The van der Waals surface area contributed by atoms with Crippen LogP contribution in [0, 0.1) is 0 Å². The summed E-state index contributed by atoms with van der Waals surface area (Å²) >= 11 is 25.4. The molecule has 0 aliphatic carbocycles. The molecule has 0 saturated heterocycles. The first-order chi connectivity index (χ1) is 23.4. The van der Waals surface area contributed by atoms with E-state index in [-0.39, 0.29) is 0 Å². The molecule has 6 heteroatoms. The topological polar surface area (TPSA) is 25.8 Å². The maximum atomic E-state index is 6.36. The summed E-state index contributed by atoms with van der Waals surface area (Å²) in [6, 6.07) is 48.2. The molecule has 0 atom stereocenters. The van der Waals surface area contributed by atoms with Crippen LogP contribution in [0.4, 0.5) is 0 Å². The molecule has 8 aromatic rings. The number of aromatic nitrogens is 2. The normalized spacial score (nSPS) is 11.3. The van der Waals surface area contributed by atoms with E-state index in [0.29, 0.717) is 20.1 Å². The highest BCUT2D eigenvalue weighted by Gasteiger charge is 2.23. The van der Waals surface area contributed by atoms with Crippen LogP contribution in [-0.2, 0) is 0 Å². The van der Waals surface area contributed by atoms with E-state index >= 15 is 0 Å². The van der Waals surface area contributed by atoms with Crippen molar-refractivity contribution < 1.29 is 0 Å². The molecule has 0 amide bonds. The number of hydrogen-bond donors (Lipinski definition) is 0. The first-order valence-corrected chi connectivity index (χ1v) is 16.9. The fraction of sp³-hybridized carbons (Fsp3) is 0. The van der Waals surface area contributed by atoms with Gasteiger partial charge in [0, 0.05) is 53.1 Å². The van der Waals surface area contributed by atoms with E-state index in [0.717, 1.165) is 77.7 Å². The Balaban J connectivity index is 1.51. The standard InChI is InChI=1S/C42H24Cl4N2/c43-29-17-9-25(10-18-29)37-33-5-1-3-7-35(33)41(47-39(37)27-13-21-31(45)22-14-27)42-36-8-4-2-6-34(36)38(26-11-19-30(44)20-12-26)40(48-42)28-15-23-32(46)24-16-28/h1-24H. The van der Waals surface area contributed by atoms with Crippen LogP contribution < -0.4 is 0 Å². The molecule has 2 aromatic heterocycles. The third kappa shape index (κ3) is 5.61. The average Bonchev–Trinajstić information content (AvgIpc) is 3.12. The summed E-state index contributed by atoms with van der Waals surface area (Å²) < 4.78 is 0. The monoisotopic (exact) mass is 696 g/mol. The Morgan fingerprint density at radius 3 is 0.854 bits per heavy atom. The van der Waals surface area contributed by atoms with E-state index in [9.17, 15) is 0 Å². The molecule has 0 fully saturated rings. The highest BCUT2D eigenvalue weighted by Crippen LogP contribution is 2.45.